The number of hydrogen-bond acceptors (Lipinski definition) is 2. The Morgan fingerprint density at radius 2 is 1.89 bits per heavy atom. The van der Waals surface area contributed by atoms with Crippen LogP contribution in [0.2, 0.25) is 5.02 Å². The number of H-pyrrole nitrogens is 1. The Morgan fingerprint density at radius 1 is 1.17 bits per heavy atom. The van der Waals surface area contributed by atoms with Crippen molar-refractivity contribution in [2.45, 2.75) is 6.54 Å². The number of aromatic amines is 1. The van der Waals surface area contributed by atoms with E-state index in [1.807, 2.05) is 12.1 Å². The number of carbonyl (C=O) groups is 1. The van der Waals surface area contributed by atoms with E-state index in [1.165, 1.54) is 12.1 Å². The molecular formula is C13H11ClN2O2. The van der Waals surface area contributed by atoms with Crippen molar-refractivity contribution in [3.8, 4) is 0 Å². The average molecular weight is 263 g/mol. The van der Waals surface area contributed by atoms with E-state index in [1.54, 1.807) is 18.2 Å². The average Bonchev–Trinajstić information content (AvgIpc) is 2.38. The topological polar surface area (TPSA) is 62.0 Å². The molecule has 92 valence electrons. The molecule has 1 aromatic heterocycles. The quantitative estimate of drug-likeness (QED) is 0.888. The van der Waals surface area contributed by atoms with Crippen molar-refractivity contribution < 1.29 is 4.79 Å². The molecule has 0 aliphatic heterocycles. The van der Waals surface area contributed by atoms with E-state index in [0.717, 1.165) is 5.56 Å². The van der Waals surface area contributed by atoms with Gasteiger partial charge >= 0.3 is 0 Å². The fourth-order valence-corrected chi connectivity index (χ4v) is 1.59. The third-order valence-electron chi connectivity index (χ3n) is 2.38. The highest BCUT2D eigenvalue weighted by Crippen LogP contribution is 2.09. The van der Waals surface area contributed by atoms with Crippen molar-refractivity contribution in [3.63, 3.8) is 0 Å². The number of rotatable bonds is 3. The number of nitrogens with one attached hydrogen (secondary N) is 2. The molecule has 18 heavy (non-hydrogen) atoms. The van der Waals surface area contributed by atoms with Gasteiger partial charge in [-0.2, -0.15) is 0 Å². The van der Waals surface area contributed by atoms with E-state index in [-0.39, 0.29) is 17.2 Å². The van der Waals surface area contributed by atoms with Crippen LogP contribution in [0.4, 0.5) is 0 Å². The molecule has 0 saturated heterocycles. The van der Waals surface area contributed by atoms with Gasteiger partial charge in [0.2, 0.25) is 5.56 Å². The van der Waals surface area contributed by atoms with Crippen molar-refractivity contribution in [1.29, 1.82) is 0 Å². The summed E-state index contributed by atoms with van der Waals surface area (Å²) in [6, 6.07) is 11.6. The largest absolute Gasteiger partial charge is 0.347 e. The Hall–Kier alpha value is -2.07. The molecule has 4 nitrogen and oxygen atoms in total. The molecule has 2 aromatic rings. The molecule has 0 atom stereocenters. The van der Waals surface area contributed by atoms with Gasteiger partial charge in [0, 0.05) is 17.6 Å². The van der Waals surface area contributed by atoms with Gasteiger partial charge in [-0.15, -0.1) is 0 Å². The number of hydrogen-bond donors (Lipinski definition) is 2. The lowest BCUT2D eigenvalue weighted by Gasteiger charge is -2.05. The van der Waals surface area contributed by atoms with Gasteiger partial charge in [0.15, 0.2) is 0 Å². The Bertz CT molecular complexity index is 605. The number of benzene rings is 1. The van der Waals surface area contributed by atoms with E-state index < -0.39 is 0 Å². The molecular weight excluding hydrogens is 252 g/mol. The molecule has 2 rings (SSSR count). The number of pyridine rings is 1. The number of carbonyl (C=O) groups excluding carboxylic acids is 1. The molecule has 0 unspecified atom stereocenters. The van der Waals surface area contributed by atoms with Crippen molar-refractivity contribution in [3.05, 3.63) is 69.1 Å². The van der Waals surface area contributed by atoms with E-state index in [9.17, 15) is 9.59 Å². The summed E-state index contributed by atoms with van der Waals surface area (Å²) in [6.45, 7) is 0.382. The summed E-state index contributed by atoms with van der Waals surface area (Å²) in [6.07, 6.45) is 0. The predicted molar refractivity (Wildman–Crippen MR) is 69.7 cm³/mol. The summed E-state index contributed by atoms with van der Waals surface area (Å²) in [5.41, 5.74) is 0.886. The summed E-state index contributed by atoms with van der Waals surface area (Å²) in [5.74, 6) is -0.317. The highest BCUT2D eigenvalue weighted by molar-refractivity contribution is 6.30. The predicted octanol–water partition coefficient (Wildman–Crippen LogP) is 1.96. The molecule has 2 N–H and O–H groups in total. The molecule has 0 spiro atoms. The molecule has 1 heterocycles. The first kappa shape index (κ1) is 12.4. The second kappa shape index (κ2) is 5.51. The Balaban J connectivity index is 2.00. The van der Waals surface area contributed by atoms with Crippen LogP contribution in [0.5, 0.6) is 0 Å². The van der Waals surface area contributed by atoms with Gasteiger partial charge in [0.05, 0.1) is 0 Å². The van der Waals surface area contributed by atoms with Gasteiger partial charge < -0.3 is 10.3 Å². The van der Waals surface area contributed by atoms with Crippen LogP contribution in [-0.4, -0.2) is 10.9 Å². The summed E-state index contributed by atoms with van der Waals surface area (Å²) in [5, 5.41) is 3.36. The van der Waals surface area contributed by atoms with Crippen molar-refractivity contribution in [1.82, 2.24) is 10.3 Å². The molecule has 0 aliphatic carbocycles. The van der Waals surface area contributed by atoms with Gasteiger partial charge in [0.1, 0.15) is 5.69 Å². The molecule has 0 radical (unpaired) electrons. The molecule has 5 heteroatoms. The van der Waals surface area contributed by atoms with Crippen LogP contribution in [0, 0.1) is 0 Å². The van der Waals surface area contributed by atoms with Crippen molar-refractivity contribution >= 4 is 17.5 Å². The molecule has 0 saturated carbocycles. The molecule has 0 aliphatic rings. The monoisotopic (exact) mass is 262 g/mol. The zero-order chi connectivity index (χ0) is 13.0. The lowest BCUT2D eigenvalue weighted by Crippen LogP contribution is -2.25. The number of amides is 1. The lowest BCUT2D eigenvalue weighted by molar-refractivity contribution is 0.0945. The van der Waals surface area contributed by atoms with E-state index in [4.69, 9.17) is 11.6 Å². The first-order chi connectivity index (χ1) is 8.65. The molecule has 1 amide bonds. The number of aromatic nitrogens is 1. The smallest absolute Gasteiger partial charge is 0.268 e. The Kier molecular flexibility index (Phi) is 3.79. The highest BCUT2D eigenvalue weighted by atomic mass is 35.5. The van der Waals surface area contributed by atoms with Gasteiger partial charge in [-0.1, -0.05) is 29.8 Å². The van der Waals surface area contributed by atoms with E-state index >= 15 is 0 Å². The van der Waals surface area contributed by atoms with Gasteiger partial charge in [0.25, 0.3) is 5.91 Å². The van der Waals surface area contributed by atoms with Crippen LogP contribution in [0.3, 0.4) is 0 Å². The normalized spacial score (nSPS) is 10.1. The minimum Gasteiger partial charge on any atom is -0.347 e. The van der Waals surface area contributed by atoms with Crippen molar-refractivity contribution in [2.75, 3.05) is 0 Å². The minimum atomic E-state index is -0.317. The third-order valence-corrected chi connectivity index (χ3v) is 2.63. The maximum Gasteiger partial charge on any atom is 0.268 e. The molecule has 0 bridgehead atoms. The van der Waals surface area contributed by atoms with Crippen LogP contribution in [-0.2, 0) is 6.54 Å². The van der Waals surface area contributed by atoms with E-state index in [2.05, 4.69) is 10.3 Å². The second-order valence-electron chi connectivity index (χ2n) is 3.74. The summed E-state index contributed by atoms with van der Waals surface area (Å²) < 4.78 is 0. The minimum absolute atomic E-state index is 0.247. The fraction of sp³-hybridized carbons (Fsp3) is 0.0769. The molecule has 1 aromatic carbocycles. The summed E-state index contributed by atoms with van der Waals surface area (Å²) in [4.78, 5) is 25.2. The lowest BCUT2D eigenvalue weighted by atomic mass is 10.2. The fourth-order valence-electron chi connectivity index (χ4n) is 1.46. The summed E-state index contributed by atoms with van der Waals surface area (Å²) in [7, 11) is 0. The van der Waals surface area contributed by atoms with Crippen LogP contribution in [0.25, 0.3) is 0 Å². The zero-order valence-corrected chi connectivity index (χ0v) is 10.2. The van der Waals surface area contributed by atoms with Gasteiger partial charge in [-0.3, -0.25) is 9.59 Å². The first-order valence-electron chi connectivity index (χ1n) is 5.37. The van der Waals surface area contributed by atoms with Crippen LogP contribution >= 0.6 is 11.6 Å². The third kappa shape index (κ3) is 3.21. The van der Waals surface area contributed by atoms with Crippen LogP contribution in [0.1, 0.15) is 16.1 Å². The van der Waals surface area contributed by atoms with Crippen molar-refractivity contribution in [2.24, 2.45) is 0 Å². The van der Waals surface area contributed by atoms with E-state index in [0.29, 0.717) is 11.6 Å². The first-order valence-corrected chi connectivity index (χ1v) is 5.75. The number of halogens is 1. The summed E-state index contributed by atoms with van der Waals surface area (Å²) >= 11 is 5.76. The van der Waals surface area contributed by atoms with Crippen LogP contribution in [0.15, 0.2) is 47.3 Å². The highest BCUT2D eigenvalue weighted by Gasteiger charge is 2.05. The van der Waals surface area contributed by atoms with Gasteiger partial charge in [-0.25, -0.2) is 0 Å². The maximum absolute atomic E-state index is 11.7. The Labute approximate surface area is 109 Å². The van der Waals surface area contributed by atoms with Crippen LogP contribution < -0.4 is 10.9 Å². The zero-order valence-electron chi connectivity index (χ0n) is 9.44. The SMILES string of the molecule is O=C(NCc1ccc(Cl)cc1)c1cccc(=O)[nH]1. The maximum atomic E-state index is 11.7. The second-order valence-corrected chi connectivity index (χ2v) is 4.17. The standard InChI is InChI=1S/C13H11ClN2O2/c14-10-6-4-9(5-7-10)8-15-13(18)11-2-1-3-12(17)16-11/h1-7H,8H2,(H,15,18)(H,16,17). The van der Waals surface area contributed by atoms with Gasteiger partial charge in [-0.05, 0) is 23.8 Å². The molecule has 0 fully saturated rings. The Morgan fingerprint density at radius 3 is 2.56 bits per heavy atom.